The lowest BCUT2D eigenvalue weighted by atomic mass is 10.1. The van der Waals surface area contributed by atoms with Crippen molar-refractivity contribution in [2.24, 2.45) is 0 Å². The van der Waals surface area contributed by atoms with E-state index in [0.29, 0.717) is 13.0 Å². The minimum atomic E-state index is 0.0331. The van der Waals surface area contributed by atoms with Crippen LogP contribution < -0.4 is 10.1 Å². The van der Waals surface area contributed by atoms with E-state index in [9.17, 15) is 4.79 Å². The molecule has 4 heteroatoms. The Morgan fingerprint density at radius 2 is 1.77 bits per heavy atom. The first-order chi connectivity index (χ1) is 10.7. The van der Waals surface area contributed by atoms with Gasteiger partial charge in [-0.2, -0.15) is 0 Å². The summed E-state index contributed by atoms with van der Waals surface area (Å²) < 4.78 is 5.40. The third-order valence-electron chi connectivity index (χ3n) is 3.25. The minimum absolute atomic E-state index is 0.0331. The maximum atomic E-state index is 12.0. The molecule has 2 aromatic carbocycles. The summed E-state index contributed by atoms with van der Waals surface area (Å²) in [5.74, 6) is 0.898. The van der Waals surface area contributed by atoms with Gasteiger partial charge in [-0.3, -0.25) is 4.79 Å². The summed E-state index contributed by atoms with van der Waals surface area (Å²) in [5, 5.41) is 2.92. The van der Waals surface area contributed by atoms with Crippen molar-refractivity contribution >= 4 is 23.4 Å². The molecular formula is C18H21NO2S. The maximum absolute atomic E-state index is 12.0. The fraction of sp³-hybridized carbons (Fsp3) is 0.278. The number of amides is 1. The molecule has 3 nitrogen and oxygen atoms in total. The van der Waals surface area contributed by atoms with Crippen molar-refractivity contribution in [1.82, 2.24) is 0 Å². The Balaban J connectivity index is 1.81. The molecule has 0 saturated heterocycles. The lowest BCUT2D eigenvalue weighted by Gasteiger charge is -2.07. The first-order valence-corrected chi connectivity index (χ1v) is 8.59. The summed E-state index contributed by atoms with van der Waals surface area (Å²) in [5.41, 5.74) is 1.98. The van der Waals surface area contributed by atoms with Crippen molar-refractivity contribution in [1.29, 1.82) is 0 Å². The molecule has 0 bridgehead atoms. The van der Waals surface area contributed by atoms with Crippen molar-refractivity contribution in [3.63, 3.8) is 0 Å². The number of thioether (sulfide) groups is 1. The zero-order chi connectivity index (χ0) is 15.8. The van der Waals surface area contributed by atoms with Crippen LogP contribution in [0.15, 0.2) is 53.4 Å². The van der Waals surface area contributed by atoms with Gasteiger partial charge >= 0.3 is 0 Å². The third kappa shape index (κ3) is 5.11. The van der Waals surface area contributed by atoms with Crippen LogP contribution in [0.2, 0.25) is 0 Å². The fourth-order valence-corrected chi connectivity index (χ4v) is 2.48. The number of nitrogens with one attached hydrogen (secondary N) is 1. The van der Waals surface area contributed by atoms with Crippen LogP contribution in [0.3, 0.4) is 0 Å². The van der Waals surface area contributed by atoms with E-state index in [1.165, 1.54) is 4.90 Å². The third-order valence-corrected chi connectivity index (χ3v) is 3.99. The van der Waals surface area contributed by atoms with Crippen LogP contribution >= 0.6 is 11.8 Å². The highest BCUT2D eigenvalue weighted by molar-refractivity contribution is 7.98. The highest BCUT2D eigenvalue weighted by Crippen LogP contribution is 2.18. The van der Waals surface area contributed by atoms with Gasteiger partial charge in [-0.1, -0.05) is 12.1 Å². The number of carbonyl (C=O) groups excluding carboxylic acids is 1. The molecule has 0 saturated carbocycles. The van der Waals surface area contributed by atoms with E-state index >= 15 is 0 Å². The Morgan fingerprint density at radius 3 is 2.36 bits per heavy atom. The molecule has 116 valence electrons. The standard InChI is InChI=1S/C18H21NO2S/c1-3-21-16-9-4-14(5-10-16)6-13-18(20)19-15-7-11-17(22-2)12-8-15/h4-5,7-12H,3,6,13H2,1-2H3,(H,19,20). The van der Waals surface area contributed by atoms with Crippen LogP contribution in [0.25, 0.3) is 0 Å². The largest absolute Gasteiger partial charge is 0.494 e. The van der Waals surface area contributed by atoms with Gasteiger partial charge in [0.1, 0.15) is 5.75 Å². The van der Waals surface area contributed by atoms with Gasteiger partial charge in [0.2, 0.25) is 5.91 Å². The van der Waals surface area contributed by atoms with Crippen LogP contribution in [0, 0.1) is 0 Å². The van der Waals surface area contributed by atoms with E-state index in [-0.39, 0.29) is 5.91 Å². The molecule has 0 atom stereocenters. The fourth-order valence-electron chi connectivity index (χ4n) is 2.07. The number of aryl methyl sites for hydroxylation is 1. The first kappa shape index (κ1) is 16.4. The Bertz CT molecular complexity index is 593. The molecule has 2 aromatic rings. The van der Waals surface area contributed by atoms with Gasteiger partial charge in [0.05, 0.1) is 6.61 Å². The van der Waals surface area contributed by atoms with Crippen LogP contribution in [-0.2, 0) is 11.2 Å². The Hall–Kier alpha value is -1.94. The summed E-state index contributed by atoms with van der Waals surface area (Å²) in [6.45, 7) is 2.63. The van der Waals surface area contributed by atoms with Crippen LogP contribution in [0.1, 0.15) is 18.9 Å². The quantitative estimate of drug-likeness (QED) is 0.771. The highest BCUT2D eigenvalue weighted by atomic mass is 32.2. The van der Waals surface area contributed by atoms with E-state index < -0.39 is 0 Å². The Morgan fingerprint density at radius 1 is 1.09 bits per heavy atom. The average Bonchev–Trinajstić information content (AvgIpc) is 2.55. The van der Waals surface area contributed by atoms with Crippen LogP contribution in [-0.4, -0.2) is 18.8 Å². The van der Waals surface area contributed by atoms with Gasteiger partial charge in [-0.25, -0.2) is 0 Å². The van der Waals surface area contributed by atoms with Crippen LogP contribution in [0.5, 0.6) is 5.75 Å². The van der Waals surface area contributed by atoms with Gasteiger partial charge in [-0.15, -0.1) is 11.8 Å². The van der Waals surface area contributed by atoms with Gasteiger partial charge in [0.15, 0.2) is 0 Å². The molecule has 1 N–H and O–H groups in total. The number of benzene rings is 2. The van der Waals surface area contributed by atoms with Crippen molar-refractivity contribution < 1.29 is 9.53 Å². The summed E-state index contributed by atoms with van der Waals surface area (Å²) in [6, 6.07) is 15.8. The second-order valence-electron chi connectivity index (χ2n) is 4.85. The number of anilines is 1. The van der Waals surface area contributed by atoms with E-state index in [1.807, 2.05) is 61.7 Å². The second kappa shape index (κ2) is 8.49. The molecule has 1 amide bonds. The number of carbonyl (C=O) groups is 1. The van der Waals surface area contributed by atoms with Crippen molar-refractivity contribution in [2.75, 3.05) is 18.2 Å². The monoisotopic (exact) mass is 315 g/mol. The normalized spacial score (nSPS) is 10.3. The van der Waals surface area contributed by atoms with E-state index in [4.69, 9.17) is 4.74 Å². The zero-order valence-electron chi connectivity index (χ0n) is 13.0. The van der Waals surface area contributed by atoms with Crippen molar-refractivity contribution in [2.45, 2.75) is 24.7 Å². The predicted molar refractivity (Wildman–Crippen MR) is 92.8 cm³/mol. The van der Waals surface area contributed by atoms with Gasteiger partial charge in [-0.05, 0) is 61.6 Å². The van der Waals surface area contributed by atoms with Gasteiger partial charge < -0.3 is 10.1 Å². The molecule has 22 heavy (non-hydrogen) atoms. The molecule has 0 aromatic heterocycles. The highest BCUT2D eigenvalue weighted by Gasteiger charge is 2.04. The maximum Gasteiger partial charge on any atom is 0.224 e. The molecule has 0 spiro atoms. The molecule has 0 aliphatic carbocycles. The van der Waals surface area contributed by atoms with Gasteiger partial charge in [0.25, 0.3) is 0 Å². The Kier molecular flexibility index (Phi) is 6.34. The molecule has 0 unspecified atom stereocenters. The minimum Gasteiger partial charge on any atom is -0.494 e. The topological polar surface area (TPSA) is 38.3 Å². The number of hydrogen-bond donors (Lipinski definition) is 1. The lowest BCUT2D eigenvalue weighted by molar-refractivity contribution is -0.116. The summed E-state index contributed by atoms with van der Waals surface area (Å²) in [6.07, 6.45) is 3.23. The number of rotatable bonds is 7. The zero-order valence-corrected chi connectivity index (χ0v) is 13.8. The SMILES string of the molecule is CCOc1ccc(CCC(=O)Nc2ccc(SC)cc2)cc1. The lowest BCUT2D eigenvalue weighted by Crippen LogP contribution is -2.12. The molecule has 0 fully saturated rings. The van der Waals surface area contributed by atoms with Crippen molar-refractivity contribution in [3.05, 3.63) is 54.1 Å². The molecule has 0 heterocycles. The van der Waals surface area contributed by atoms with Gasteiger partial charge in [0, 0.05) is 17.0 Å². The first-order valence-electron chi connectivity index (χ1n) is 7.37. The summed E-state index contributed by atoms with van der Waals surface area (Å²) in [7, 11) is 0. The molecular weight excluding hydrogens is 294 g/mol. The molecule has 0 radical (unpaired) electrons. The molecule has 0 aliphatic heterocycles. The smallest absolute Gasteiger partial charge is 0.224 e. The van der Waals surface area contributed by atoms with Crippen LogP contribution in [0.4, 0.5) is 5.69 Å². The molecule has 0 aliphatic rings. The summed E-state index contributed by atoms with van der Waals surface area (Å²) in [4.78, 5) is 13.2. The summed E-state index contributed by atoms with van der Waals surface area (Å²) >= 11 is 1.69. The predicted octanol–water partition coefficient (Wildman–Crippen LogP) is 4.38. The number of hydrogen-bond acceptors (Lipinski definition) is 3. The number of ether oxygens (including phenoxy) is 1. The van der Waals surface area contributed by atoms with Crippen molar-refractivity contribution in [3.8, 4) is 5.75 Å². The second-order valence-corrected chi connectivity index (χ2v) is 5.73. The molecule has 2 rings (SSSR count). The van der Waals surface area contributed by atoms with E-state index in [2.05, 4.69) is 5.32 Å². The average molecular weight is 315 g/mol. The van der Waals surface area contributed by atoms with E-state index in [1.54, 1.807) is 11.8 Å². The Labute approximate surface area is 136 Å². The van der Waals surface area contributed by atoms with E-state index in [0.717, 1.165) is 23.4 Å².